The fourth-order valence-electron chi connectivity index (χ4n) is 2.44. The van der Waals surface area contributed by atoms with E-state index in [1.807, 2.05) is 36.4 Å². The molecule has 0 saturated heterocycles. The van der Waals surface area contributed by atoms with Crippen LogP contribution in [0, 0.1) is 11.3 Å². The number of nitriles is 1. The van der Waals surface area contributed by atoms with Crippen molar-refractivity contribution in [2.24, 2.45) is 0 Å². The molecule has 0 unspecified atom stereocenters. The molecule has 0 spiro atoms. The first-order valence-electron chi connectivity index (χ1n) is 8.12. The third kappa shape index (κ3) is 4.61. The number of hydrogen-bond acceptors (Lipinski definition) is 4. The molecule has 26 heavy (non-hydrogen) atoms. The predicted molar refractivity (Wildman–Crippen MR) is 99.7 cm³/mol. The molecule has 2 amide bonds. The van der Waals surface area contributed by atoms with E-state index in [9.17, 15) is 9.59 Å². The van der Waals surface area contributed by atoms with Gasteiger partial charge in [0.05, 0.1) is 25.2 Å². The van der Waals surface area contributed by atoms with E-state index in [2.05, 4.69) is 10.8 Å². The van der Waals surface area contributed by atoms with Gasteiger partial charge in [-0.2, -0.15) is 5.26 Å². The van der Waals surface area contributed by atoms with Gasteiger partial charge in [0.15, 0.2) is 0 Å². The van der Waals surface area contributed by atoms with E-state index in [0.717, 1.165) is 16.8 Å². The Kier molecular flexibility index (Phi) is 6.34. The van der Waals surface area contributed by atoms with Gasteiger partial charge in [-0.1, -0.05) is 24.3 Å². The maximum absolute atomic E-state index is 12.4. The fourth-order valence-corrected chi connectivity index (χ4v) is 2.44. The molecule has 2 aromatic rings. The quantitative estimate of drug-likeness (QED) is 0.775. The van der Waals surface area contributed by atoms with Crippen molar-refractivity contribution in [2.75, 3.05) is 32.6 Å². The highest BCUT2D eigenvalue weighted by atomic mass is 16.5. The van der Waals surface area contributed by atoms with Crippen LogP contribution < -0.4 is 4.90 Å². The second kappa shape index (κ2) is 8.67. The molecule has 2 rings (SSSR count). The number of amides is 2. The molecule has 0 aliphatic carbocycles. The van der Waals surface area contributed by atoms with Crippen LogP contribution in [0.3, 0.4) is 0 Å². The predicted octanol–water partition coefficient (Wildman–Crippen LogP) is 3.28. The van der Waals surface area contributed by atoms with Crippen LogP contribution in [-0.4, -0.2) is 44.7 Å². The smallest absolute Gasteiger partial charge is 0.323 e. The van der Waals surface area contributed by atoms with E-state index in [4.69, 9.17) is 5.26 Å². The van der Waals surface area contributed by atoms with Crippen LogP contribution in [0.4, 0.5) is 10.5 Å². The summed E-state index contributed by atoms with van der Waals surface area (Å²) in [6, 6.07) is 16.8. The van der Waals surface area contributed by atoms with Crippen molar-refractivity contribution < 1.29 is 14.3 Å². The Labute approximate surface area is 153 Å². The summed E-state index contributed by atoms with van der Waals surface area (Å²) in [5, 5.41) is 8.86. The molecule has 0 radical (unpaired) electrons. The molecule has 0 saturated carbocycles. The van der Waals surface area contributed by atoms with Crippen LogP contribution >= 0.6 is 0 Å². The number of hydrogen-bond donors (Lipinski definition) is 0. The lowest BCUT2D eigenvalue weighted by Gasteiger charge is -2.24. The zero-order valence-corrected chi connectivity index (χ0v) is 15.1. The number of carbonyl (C=O) groups excluding carboxylic acids is 2. The Hall–Kier alpha value is -3.33. The standard InChI is InChI=1S/C20H21N3O3/c1-22(13-12-19(24)26-3)20(25)23(2)18-10-8-17(9-11-18)16-6-4-15(14-21)5-7-16/h4-11H,12-13H2,1-3H3. The van der Waals surface area contributed by atoms with E-state index in [1.165, 1.54) is 16.9 Å². The first-order chi connectivity index (χ1) is 12.5. The summed E-state index contributed by atoms with van der Waals surface area (Å²) in [4.78, 5) is 26.6. The largest absolute Gasteiger partial charge is 0.469 e. The molecule has 2 aromatic carbocycles. The van der Waals surface area contributed by atoms with E-state index >= 15 is 0 Å². The molecule has 0 aliphatic rings. The third-order valence-electron chi connectivity index (χ3n) is 4.09. The minimum absolute atomic E-state index is 0.157. The van der Waals surface area contributed by atoms with Crippen LogP contribution in [0.5, 0.6) is 0 Å². The molecule has 0 bridgehead atoms. The topological polar surface area (TPSA) is 73.6 Å². The molecule has 0 fully saturated rings. The monoisotopic (exact) mass is 351 g/mol. The highest BCUT2D eigenvalue weighted by Gasteiger charge is 2.16. The molecule has 134 valence electrons. The molecule has 0 N–H and O–H groups in total. The van der Waals surface area contributed by atoms with Gasteiger partial charge in [0.2, 0.25) is 0 Å². The van der Waals surface area contributed by atoms with Gasteiger partial charge in [-0.05, 0) is 35.4 Å². The van der Waals surface area contributed by atoms with Crippen LogP contribution in [-0.2, 0) is 9.53 Å². The number of esters is 1. The molecular formula is C20H21N3O3. The van der Waals surface area contributed by atoms with E-state index in [1.54, 1.807) is 26.2 Å². The Morgan fingerprint density at radius 3 is 2.04 bits per heavy atom. The fraction of sp³-hybridized carbons (Fsp3) is 0.250. The van der Waals surface area contributed by atoms with Crippen LogP contribution in [0.2, 0.25) is 0 Å². The van der Waals surface area contributed by atoms with Crippen molar-refractivity contribution in [1.82, 2.24) is 4.90 Å². The summed E-state index contributed by atoms with van der Waals surface area (Å²) < 4.78 is 4.59. The average Bonchev–Trinajstić information content (AvgIpc) is 2.70. The van der Waals surface area contributed by atoms with Crippen molar-refractivity contribution in [3.63, 3.8) is 0 Å². The van der Waals surface area contributed by atoms with Crippen molar-refractivity contribution in [2.45, 2.75) is 6.42 Å². The maximum atomic E-state index is 12.4. The van der Waals surface area contributed by atoms with E-state index < -0.39 is 0 Å². The number of urea groups is 1. The minimum atomic E-state index is -0.348. The Bertz CT molecular complexity index is 808. The lowest BCUT2D eigenvalue weighted by molar-refractivity contribution is -0.140. The third-order valence-corrected chi connectivity index (χ3v) is 4.09. The number of anilines is 1. The van der Waals surface area contributed by atoms with Gasteiger partial charge in [-0.15, -0.1) is 0 Å². The summed E-state index contributed by atoms with van der Waals surface area (Å²) in [5.74, 6) is -0.348. The molecule has 0 heterocycles. The maximum Gasteiger partial charge on any atom is 0.323 e. The highest BCUT2D eigenvalue weighted by molar-refractivity contribution is 5.91. The summed E-state index contributed by atoms with van der Waals surface area (Å²) in [6.45, 7) is 0.291. The second-order valence-electron chi connectivity index (χ2n) is 5.83. The van der Waals surface area contributed by atoms with E-state index in [0.29, 0.717) is 12.1 Å². The van der Waals surface area contributed by atoms with Crippen molar-refractivity contribution in [3.8, 4) is 17.2 Å². The Morgan fingerprint density at radius 1 is 1.00 bits per heavy atom. The molecule has 0 aliphatic heterocycles. The zero-order valence-electron chi connectivity index (χ0n) is 15.1. The number of methoxy groups -OCH3 is 1. The zero-order chi connectivity index (χ0) is 19.1. The summed E-state index contributed by atoms with van der Waals surface area (Å²) in [5.41, 5.74) is 3.36. The number of rotatable bonds is 5. The average molecular weight is 351 g/mol. The molecule has 6 heteroatoms. The summed E-state index contributed by atoms with van der Waals surface area (Å²) >= 11 is 0. The van der Waals surface area contributed by atoms with Crippen LogP contribution in [0.15, 0.2) is 48.5 Å². The first-order valence-corrected chi connectivity index (χ1v) is 8.12. The molecule has 0 aromatic heterocycles. The SMILES string of the molecule is COC(=O)CCN(C)C(=O)N(C)c1ccc(-c2ccc(C#N)cc2)cc1. The molecule has 6 nitrogen and oxygen atoms in total. The van der Waals surface area contributed by atoms with Gasteiger partial charge in [0.1, 0.15) is 0 Å². The van der Waals surface area contributed by atoms with Gasteiger partial charge in [0, 0.05) is 26.3 Å². The second-order valence-corrected chi connectivity index (χ2v) is 5.83. The Morgan fingerprint density at radius 2 is 1.54 bits per heavy atom. The van der Waals surface area contributed by atoms with Crippen molar-refractivity contribution in [3.05, 3.63) is 54.1 Å². The first kappa shape index (κ1) is 19.0. The Balaban J connectivity index is 2.05. The summed E-state index contributed by atoms with van der Waals surface area (Å²) in [7, 11) is 4.66. The van der Waals surface area contributed by atoms with Gasteiger partial charge in [0.25, 0.3) is 0 Å². The van der Waals surface area contributed by atoms with Crippen molar-refractivity contribution >= 4 is 17.7 Å². The molecule has 0 atom stereocenters. The van der Waals surface area contributed by atoms with Crippen LogP contribution in [0.25, 0.3) is 11.1 Å². The van der Waals surface area contributed by atoms with Crippen LogP contribution in [0.1, 0.15) is 12.0 Å². The lowest BCUT2D eigenvalue weighted by atomic mass is 10.0. The van der Waals surface area contributed by atoms with Gasteiger partial charge in [-0.25, -0.2) is 4.79 Å². The van der Waals surface area contributed by atoms with E-state index in [-0.39, 0.29) is 18.4 Å². The number of nitrogens with zero attached hydrogens (tertiary/aromatic N) is 3. The minimum Gasteiger partial charge on any atom is -0.469 e. The van der Waals surface area contributed by atoms with Gasteiger partial charge in [-0.3, -0.25) is 9.69 Å². The molecular weight excluding hydrogens is 330 g/mol. The highest BCUT2D eigenvalue weighted by Crippen LogP contribution is 2.23. The van der Waals surface area contributed by atoms with Crippen molar-refractivity contribution in [1.29, 1.82) is 5.26 Å². The normalized spacial score (nSPS) is 9.92. The van der Waals surface area contributed by atoms with Gasteiger partial charge >= 0.3 is 12.0 Å². The number of ether oxygens (including phenoxy) is 1. The summed E-state index contributed by atoms with van der Waals surface area (Å²) in [6.07, 6.45) is 0.157. The number of benzene rings is 2. The number of carbonyl (C=O) groups is 2. The lowest BCUT2D eigenvalue weighted by Crippen LogP contribution is -2.39. The van der Waals surface area contributed by atoms with Gasteiger partial charge < -0.3 is 9.64 Å².